The molecule has 3 rings (SSSR count). The third-order valence-electron chi connectivity index (χ3n) is 3.38. The Hall–Kier alpha value is -1.99. The molecule has 0 atom stereocenters. The van der Waals surface area contributed by atoms with Crippen LogP contribution in [0.3, 0.4) is 0 Å². The number of thiazole rings is 1. The fourth-order valence-electron chi connectivity index (χ4n) is 2.08. The summed E-state index contributed by atoms with van der Waals surface area (Å²) in [4.78, 5) is 30.7. The largest absolute Gasteiger partial charge is 0.321 e. The molecule has 3 aromatic rings. The average Bonchev–Trinajstić information content (AvgIpc) is 2.77. The van der Waals surface area contributed by atoms with Gasteiger partial charge in [-0.2, -0.15) is 0 Å². The minimum atomic E-state index is -0.470. The fraction of sp³-hybridized carbons (Fsp3) is 0.133. The van der Waals surface area contributed by atoms with E-state index in [4.69, 9.17) is 0 Å². The van der Waals surface area contributed by atoms with Crippen LogP contribution in [0.1, 0.15) is 20.9 Å². The van der Waals surface area contributed by atoms with Crippen molar-refractivity contribution in [3.63, 3.8) is 0 Å². The number of benzene rings is 1. The molecule has 0 aliphatic heterocycles. The summed E-state index contributed by atoms with van der Waals surface area (Å²) in [6.07, 6.45) is 1.33. The Balaban J connectivity index is 2.05. The number of carbonyl (C=O) groups excluding carboxylic acids is 1. The number of aryl methyl sites for hydroxylation is 2. The molecule has 112 valence electrons. The van der Waals surface area contributed by atoms with Gasteiger partial charge in [0, 0.05) is 21.2 Å². The SMILES string of the molecule is Cc1sc2ncc(C(=O)Nc3ccccc3Br)c(=O)n2c1C. The Labute approximate surface area is 138 Å². The van der Waals surface area contributed by atoms with Crippen LogP contribution in [0.5, 0.6) is 0 Å². The van der Waals surface area contributed by atoms with Gasteiger partial charge < -0.3 is 5.32 Å². The number of fused-ring (bicyclic) bond motifs is 1. The number of rotatable bonds is 2. The molecule has 2 aromatic heterocycles. The fourth-order valence-corrected chi connectivity index (χ4v) is 3.40. The van der Waals surface area contributed by atoms with E-state index in [0.29, 0.717) is 10.6 Å². The molecule has 0 bridgehead atoms. The van der Waals surface area contributed by atoms with Crippen molar-refractivity contribution in [1.82, 2.24) is 9.38 Å². The van der Waals surface area contributed by atoms with Gasteiger partial charge in [-0.25, -0.2) is 4.98 Å². The summed E-state index contributed by atoms with van der Waals surface area (Å²) in [6, 6.07) is 7.22. The van der Waals surface area contributed by atoms with Crippen molar-refractivity contribution < 1.29 is 4.79 Å². The minimum Gasteiger partial charge on any atom is -0.321 e. The van der Waals surface area contributed by atoms with E-state index in [0.717, 1.165) is 15.0 Å². The topological polar surface area (TPSA) is 63.5 Å². The molecule has 0 aliphatic carbocycles. The zero-order chi connectivity index (χ0) is 15.9. The van der Waals surface area contributed by atoms with Crippen LogP contribution >= 0.6 is 27.3 Å². The summed E-state index contributed by atoms with van der Waals surface area (Å²) in [7, 11) is 0. The number of carbonyl (C=O) groups is 1. The molecule has 1 amide bonds. The molecule has 1 N–H and O–H groups in total. The van der Waals surface area contributed by atoms with Crippen LogP contribution in [0.2, 0.25) is 0 Å². The van der Waals surface area contributed by atoms with Crippen molar-refractivity contribution in [2.24, 2.45) is 0 Å². The monoisotopic (exact) mass is 377 g/mol. The van der Waals surface area contributed by atoms with Gasteiger partial charge in [-0.1, -0.05) is 12.1 Å². The van der Waals surface area contributed by atoms with Gasteiger partial charge in [-0.15, -0.1) is 11.3 Å². The molecule has 1 aromatic carbocycles. The van der Waals surface area contributed by atoms with Crippen molar-refractivity contribution in [2.75, 3.05) is 5.32 Å². The number of halogens is 1. The number of nitrogens with one attached hydrogen (secondary N) is 1. The Morgan fingerprint density at radius 3 is 2.77 bits per heavy atom. The molecular formula is C15H12BrN3O2S. The lowest BCUT2D eigenvalue weighted by Crippen LogP contribution is -2.26. The van der Waals surface area contributed by atoms with E-state index in [1.165, 1.54) is 21.9 Å². The maximum atomic E-state index is 12.5. The number of anilines is 1. The summed E-state index contributed by atoms with van der Waals surface area (Å²) < 4.78 is 2.23. The lowest BCUT2D eigenvalue weighted by atomic mass is 10.2. The van der Waals surface area contributed by atoms with E-state index in [1.807, 2.05) is 26.0 Å². The van der Waals surface area contributed by atoms with E-state index in [1.54, 1.807) is 12.1 Å². The lowest BCUT2D eigenvalue weighted by molar-refractivity contribution is 0.102. The molecule has 0 fully saturated rings. The van der Waals surface area contributed by atoms with E-state index < -0.39 is 5.91 Å². The highest BCUT2D eigenvalue weighted by atomic mass is 79.9. The van der Waals surface area contributed by atoms with Crippen molar-refractivity contribution in [2.45, 2.75) is 13.8 Å². The molecule has 2 heterocycles. The van der Waals surface area contributed by atoms with E-state index in [9.17, 15) is 9.59 Å². The molecule has 0 unspecified atom stereocenters. The number of hydrogen-bond acceptors (Lipinski definition) is 4. The minimum absolute atomic E-state index is 0.0224. The Morgan fingerprint density at radius 2 is 2.05 bits per heavy atom. The molecule has 22 heavy (non-hydrogen) atoms. The van der Waals surface area contributed by atoms with Crippen LogP contribution in [0, 0.1) is 13.8 Å². The summed E-state index contributed by atoms with van der Waals surface area (Å²) in [5.74, 6) is -0.470. The predicted molar refractivity (Wildman–Crippen MR) is 90.9 cm³/mol. The summed E-state index contributed by atoms with van der Waals surface area (Å²) in [6.45, 7) is 3.77. The number of amides is 1. The molecule has 7 heteroatoms. The molecule has 0 saturated carbocycles. The van der Waals surface area contributed by atoms with E-state index >= 15 is 0 Å². The smallest absolute Gasteiger partial charge is 0.271 e. The van der Waals surface area contributed by atoms with Crippen LogP contribution in [-0.4, -0.2) is 15.3 Å². The molecule has 0 radical (unpaired) electrons. The van der Waals surface area contributed by atoms with Crippen LogP contribution in [0.4, 0.5) is 5.69 Å². The second kappa shape index (κ2) is 5.66. The summed E-state index contributed by atoms with van der Waals surface area (Å²) in [5.41, 5.74) is 1.09. The normalized spacial score (nSPS) is 10.9. The molecular weight excluding hydrogens is 366 g/mol. The maximum absolute atomic E-state index is 12.5. The van der Waals surface area contributed by atoms with Gasteiger partial charge in [0.1, 0.15) is 5.56 Å². The average molecular weight is 378 g/mol. The van der Waals surface area contributed by atoms with Crippen LogP contribution < -0.4 is 10.9 Å². The second-order valence-corrected chi connectivity index (χ2v) is 6.81. The van der Waals surface area contributed by atoms with Crippen molar-refractivity contribution in [3.05, 3.63) is 61.4 Å². The van der Waals surface area contributed by atoms with Crippen molar-refractivity contribution in [1.29, 1.82) is 0 Å². The summed E-state index contributed by atoms with van der Waals surface area (Å²) >= 11 is 4.79. The zero-order valence-corrected chi connectivity index (χ0v) is 14.3. The van der Waals surface area contributed by atoms with Crippen molar-refractivity contribution >= 4 is 43.8 Å². The first kappa shape index (κ1) is 14.9. The number of aromatic nitrogens is 2. The highest BCUT2D eigenvalue weighted by Gasteiger charge is 2.17. The number of hydrogen-bond donors (Lipinski definition) is 1. The van der Waals surface area contributed by atoms with Gasteiger partial charge >= 0.3 is 0 Å². The quantitative estimate of drug-likeness (QED) is 0.744. The lowest BCUT2D eigenvalue weighted by Gasteiger charge is -2.07. The van der Waals surface area contributed by atoms with Crippen LogP contribution in [-0.2, 0) is 0 Å². The third kappa shape index (κ3) is 2.46. The number of nitrogens with zero attached hydrogens (tertiary/aromatic N) is 2. The molecule has 0 spiro atoms. The van der Waals surface area contributed by atoms with Gasteiger partial charge in [0.25, 0.3) is 11.5 Å². The van der Waals surface area contributed by atoms with Gasteiger partial charge in [0.15, 0.2) is 4.96 Å². The third-order valence-corrected chi connectivity index (χ3v) is 5.15. The van der Waals surface area contributed by atoms with E-state index in [-0.39, 0.29) is 11.1 Å². The number of para-hydroxylation sites is 1. The first-order valence-corrected chi connectivity index (χ1v) is 8.13. The molecule has 0 aliphatic rings. The van der Waals surface area contributed by atoms with E-state index in [2.05, 4.69) is 26.2 Å². The van der Waals surface area contributed by atoms with Gasteiger partial charge in [0.2, 0.25) is 0 Å². The van der Waals surface area contributed by atoms with Gasteiger partial charge in [0.05, 0.1) is 5.69 Å². The standard InChI is InChI=1S/C15H12BrN3O2S/c1-8-9(2)22-15-17-7-10(14(21)19(8)15)13(20)18-12-6-4-3-5-11(12)16/h3-7H,1-2H3,(H,18,20). The van der Waals surface area contributed by atoms with Gasteiger partial charge in [-0.3, -0.25) is 14.0 Å². The molecule has 0 saturated heterocycles. The first-order chi connectivity index (χ1) is 10.5. The second-order valence-electron chi connectivity index (χ2n) is 4.77. The van der Waals surface area contributed by atoms with Gasteiger partial charge in [-0.05, 0) is 41.9 Å². The Morgan fingerprint density at radius 1 is 1.32 bits per heavy atom. The van der Waals surface area contributed by atoms with Crippen LogP contribution in [0.15, 0.2) is 39.7 Å². The zero-order valence-electron chi connectivity index (χ0n) is 11.9. The highest BCUT2D eigenvalue weighted by Crippen LogP contribution is 2.22. The Kier molecular flexibility index (Phi) is 3.84. The highest BCUT2D eigenvalue weighted by molar-refractivity contribution is 9.10. The summed E-state index contributed by atoms with van der Waals surface area (Å²) in [5, 5.41) is 2.72. The van der Waals surface area contributed by atoms with Crippen molar-refractivity contribution in [3.8, 4) is 0 Å². The predicted octanol–water partition coefficient (Wildman–Crippen LogP) is 3.39. The first-order valence-electron chi connectivity index (χ1n) is 6.52. The Bertz CT molecular complexity index is 946. The maximum Gasteiger partial charge on any atom is 0.271 e. The van der Waals surface area contributed by atoms with Crippen LogP contribution in [0.25, 0.3) is 4.96 Å². The molecule has 5 nitrogen and oxygen atoms in total.